The van der Waals surface area contributed by atoms with Crippen molar-refractivity contribution in [3.8, 4) is 0 Å². The van der Waals surface area contributed by atoms with Crippen molar-refractivity contribution in [2.45, 2.75) is 11.5 Å². The quantitative estimate of drug-likeness (QED) is 0.360. The minimum absolute atomic E-state index is 0.00154. The molecular weight excluding hydrogens is 134 g/mol. The molecule has 4 heteroatoms. The first-order valence-corrected chi connectivity index (χ1v) is 2.60. The van der Waals surface area contributed by atoms with Gasteiger partial charge in [0, 0.05) is 0 Å². The summed E-state index contributed by atoms with van der Waals surface area (Å²) in [7, 11) is 0. The van der Waals surface area contributed by atoms with Crippen LogP contribution in [0.5, 0.6) is 0 Å². The number of alkyl halides is 2. The van der Waals surface area contributed by atoms with Crippen LogP contribution in [0, 0.1) is 0 Å². The fourth-order valence-electron chi connectivity index (χ4n) is 0.473. The van der Waals surface area contributed by atoms with E-state index < -0.39 is 17.5 Å². The van der Waals surface area contributed by atoms with E-state index in [2.05, 4.69) is 4.74 Å². The Kier molecular flexibility index (Phi) is 1.38. The third-order valence-corrected chi connectivity index (χ3v) is 1.27. The Labute approximate surface area is 50.6 Å². The highest BCUT2D eigenvalue weighted by Crippen LogP contribution is 2.15. The van der Waals surface area contributed by atoms with Gasteiger partial charge in [-0.1, -0.05) is 0 Å². The lowest BCUT2D eigenvalue weighted by Crippen LogP contribution is -2.15. The average molecular weight is 139 g/mol. The van der Waals surface area contributed by atoms with Crippen molar-refractivity contribution in [3.63, 3.8) is 0 Å². The Balaban J connectivity index is 2.56. The predicted molar refractivity (Wildman–Crippen MR) is 25.5 cm³/mol. The number of esters is 1. The van der Waals surface area contributed by atoms with E-state index >= 15 is 0 Å². The Morgan fingerprint density at radius 1 is 1.88 bits per heavy atom. The topological polar surface area (TPSA) is 26.3 Å². The summed E-state index contributed by atoms with van der Waals surface area (Å²) in [5.74, 6) is -0.843. The molecule has 1 rings (SSSR count). The molecule has 2 unspecified atom stereocenters. The second-order valence-electron chi connectivity index (χ2n) is 1.55. The maximum atomic E-state index is 12.1. The van der Waals surface area contributed by atoms with Crippen molar-refractivity contribution in [1.29, 1.82) is 0 Å². The maximum Gasteiger partial charge on any atom is 0.342 e. The van der Waals surface area contributed by atoms with E-state index in [1.807, 2.05) is 0 Å². The fourth-order valence-corrected chi connectivity index (χ4v) is 0.639. The number of carbonyl (C=O) groups is 1. The van der Waals surface area contributed by atoms with E-state index in [1.54, 1.807) is 0 Å². The van der Waals surface area contributed by atoms with Crippen LogP contribution >= 0.6 is 11.6 Å². The highest BCUT2D eigenvalue weighted by Gasteiger charge is 2.35. The summed E-state index contributed by atoms with van der Waals surface area (Å²) in [6, 6.07) is 0. The molecule has 0 aromatic carbocycles. The molecule has 0 aromatic heterocycles. The SMILES string of the molecule is O=C1OCC(Cl)C1F. The smallest absolute Gasteiger partial charge is 0.342 e. The summed E-state index contributed by atoms with van der Waals surface area (Å²) in [5, 5.41) is -0.775. The molecule has 1 aliphatic heterocycles. The summed E-state index contributed by atoms with van der Waals surface area (Å²) in [6.07, 6.45) is -1.61. The van der Waals surface area contributed by atoms with Crippen molar-refractivity contribution in [3.05, 3.63) is 0 Å². The Bertz CT molecular complexity index is 117. The molecule has 0 N–H and O–H groups in total. The molecule has 1 aliphatic rings. The van der Waals surface area contributed by atoms with Gasteiger partial charge in [0.15, 0.2) is 0 Å². The second-order valence-corrected chi connectivity index (χ2v) is 2.11. The average Bonchev–Trinajstić information content (AvgIpc) is 1.98. The van der Waals surface area contributed by atoms with Gasteiger partial charge in [-0.25, -0.2) is 9.18 Å². The maximum absolute atomic E-state index is 12.1. The van der Waals surface area contributed by atoms with Crippen molar-refractivity contribution in [2.24, 2.45) is 0 Å². The number of halogens is 2. The number of cyclic esters (lactones) is 1. The molecular formula is C4H4ClFO2. The van der Waals surface area contributed by atoms with E-state index in [9.17, 15) is 9.18 Å². The first-order valence-electron chi connectivity index (χ1n) is 2.16. The van der Waals surface area contributed by atoms with Crippen LogP contribution < -0.4 is 0 Å². The Hall–Kier alpha value is -0.310. The van der Waals surface area contributed by atoms with Crippen molar-refractivity contribution >= 4 is 17.6 Å². The molecule has 0 amide bonds. The molecule has 0 saturated carbocycles. The van der Waals surface area contributed by atoms with E-state index in [4.69, 9.17) is 11.6 Å². The molecule has 0 aromatic rings. The molecule has 1 heterocycles. The molecule has 1 fully saturated rings. The molecule has 2 nitrogen and oxygen atoms in total. The zero-order chi connectivity index (χ0) is 6.15. The number of ether oxygens (including phenoxy) is 1. The molecule has 0 aliphatic carbocycles. The first-order chi connectivity index (χ1) is 3.72. The molecule has 2 atom stereocenters. The van der Waals surface area contributed by atoms with Crippen molar-refractivity contribution < 1.29 is 13.9 Å². The van der Waals surface area contributed by atoms with Gasteiger partial charge in [0.1, 0.15) is 12.0 Å². The van der Waals surface area contributed by atoms with Crippen LogP contribution in [-0.4, -0.2) is 24.1 Å². The van der Waals surface area contributed by atoms with Crippen LogP contribution in [0.15, 0.2) is 0 Å². The first kappa shape index (κ1) is 5.82. The van der Waals surface area contributed by atoms with Crippen LogP contribution in [-0.2, 0) is 9.53 Å². The van der Waals surface area contributed by atoms with Gasteiger partial charge in [0.2, 0.25) is 6.17 Å². The van der Waals surface area contributed by atoms with E-state index in [1.165, 1.54) is 0 Å². The lowest BCUT2D eigenvalue weighted by Gasteiger charge is -1.91. The van der Waals surface area contributed by atoms with E-state index in [-0.39, 0.29) is 6.61 Å². The van der Waals surface area contributed by atoms with E-state index in [0.717, 1.165) is 0 Å². The summed E-state index contributed by atoms with van der Waals surface area (Å²) >= 11 is 5.24. The van der Waals surface area contributed by atoms with Gasteiger partial charge in [0.05, 0.1) is 0 Å². The summed E-state index contributed by atoms with van der Waals surface area (Å²) in [4.78, 5) is 10.1. The number of hydrogen-bond donors (Lipinski definition) is 0. The Morgan fingerprint density at radius 3 is 2.62 bits per heavy atom. The molecule has 8 heavy (non-hydrogen) atoms. The lowest BCUT2D eigenvalue weighted by molar-refractivity contribution is -0.141. The zero-order valence-electron chi connectivity index (χ0n) is 3.93. The van der Waals surface area contributed by atoms with Gasteiger partial charge >= 0.3 is 5.97 Å². The third kappa shape index (κ3) is 0.777. The fraction of sp³-hybridized carbons (Fsp3) is 0.750. The molecule has 1 saturated heterocycles. The van der Waals surface area contributed by atoms with E-state index in [0.29, 0.717) is 0 Å². The van der Waals surface area contributed by atoms with Crippen LogP contribution in [0.25, 0.3) is 0 Å². The van der Waals surface area contributed by atoms with Gasteiger partial charge in [-0.2, -0.15) is 0 Å². The minimum Gasteiger partial charge on any atom is -0.462 e. The van der Waals surface area contributed by atoms with Crippen molar-refractivity contribution in [1.82, 2.24) is 0 Å². The number of hydrogen-bond acceptors (Lipinski definition) is 2. The standard InChI is InChI=1S/C4H4ClFO2/c5-2-1-8-4(7)3(2)6/h2-3H,1H2. The highest BCUT2D eigenvalue weighted by atomic mass is 35.5. The largest absolute Gasteiger partial charge is 0.462 e. The minimum atomic E-state index is -1.61. The third-order valence-electron chi connectivity index (χ3n) is 0.928. The van der Waals surface area contributed by atoms with Gasteiger partial charge in [-0.05, 0) is 0 Å². The van der Waals surface area contributed by atoms with Crippen molar-refractivity contribution in [2.75, 3.05) is 6.61 Å². The summed E-state index contributed by atoms with van der Waals surface area (Å²) in [6.45, 7) is 0.00154. The summed E-state index contributed by atoms with van der Waals surface area (Å²) in [5.41, 5.74) is 0. The zero-order valence-corrected chi connectivity index (χ0v) is 4.69. The van der Waals surface area contributed by atoms with Gasteiger partial charge in [-0.3, -0.25) is 0 Å². The monoisotopic (exact) mass is 138 g/mol. The van der Waals surface area contributed by atoms with Gasteiger partial charge in [-0.15, -0.1) is 11.6 Å². The molecule has 46 valence electrons. The lowest BCUT2D eigenvalue weighted by atomic mass is 10.3. The predicted octanol–water partition coefficient (Wildman–Crippen LogP) is 0.489. The number of carbonyl (C=O) groups excluding carboxylic acids is 1. The van der Waals surface area contributed by atoms with Gasteiger partial charge < -0.3 is 4.74 Å². The number of rotatable bonds is 0. The van der Waals surface area contributed by atoms with Crippen LogP contribution in [0.1, 0.15) is 0 Å². The summed E-state index contributed by atoms with van der Waals surface area (Å²) < 4.78 is 16.3. The Morgan fingerprint density at radius 2 is 2.50 bits per heavy atom. The van der Waals surface area contributed by atoms with Crippen LogP contribution in [0.4, 0.5) is 4.39 Å². The molecule has 0 spiro atoms. The molecule has 0 bridgehead atoms. The van der Waals surface area contributed by atoms with Crippen LogP contribution in [0.3, 0.4) is 0 Å². The van der Waals surface area contributed by atoms with Crippen LogP contribution in [0.2, 0.25) is 0 Å². The molecule has 0 radical (unpaired) electrons. The second kappa shape index (κ2) is 1.90. The highest BCUT2D eigenvalue weighted by molar-refractivity contribution is 6.23. The normalized spacial score (nSPS) is 37.5. The van der Waals surface area contributed by atoms with Gasteiger partial charge in [0.25, 0.3) is 0 Å².